The number of rotatable bonds is 6. The molecule has 1 aromatic carbocycles. The molecule has 2 N–H and O–H groups in total. The summed E-state index contributed by atoms with van der Waals surface area (Å²) in [6.07, 6.45) is 1.64. The van der Waals surface area contributed by atoms with E-state index >= 15 is 0 Å². The zero-order chi connectivity index (χ0) is 15.6. The van der Waals surface area contributed by atoms with Gasteiger partial charge in [-0.3, -0.25) is 0 Å². The summed E-state index contributed by atoms with van der Waals surface area (Å²) in [5, 5.41) is 2.98. The molecule has 0 aromatic heterocycles. The first kappa shape index (κ1) is 16.7. The van der Waals surface area contributed by atoms with Gasteiger partial charge in [-0.2, -0.15) is 0 Å². The van der Waals surface area contributed by atoms with E-state index in [1.165, 1.54) is 6.07 Å². The van der Waals surface area contributed by atoms with Crippen molar-refractivity contribution in [2.45, 2.75) is 44.2 Å². The summed E-state index contributed by atoms with van der Waals surface area (Å²) in [5.41, 5.74) is 0.445. The van der Waals surface area contributed by atoms with Crippen LogP contribution in [0.2, 0.25) is 5.02 Å². The van der Waals surface area contributed by atoms with Gasteiger partial charge in [0.15, 0.2) is 0 Å². The van der Waals surface area contributed by atoms with Gasteiger partial charge in [-0.25, -0.2) is 17.5 Å². The maximum atomic E-state index is 13.8. The SMILES string of the molecule is CCNCc1cc(S(=O)(=O)NC2CC(C)C2)cc(F)c1Cl. The Morgan fingerprint density at radius 1 is 1.38 bits per heavy atom. The first-order valence-corrected chi connectivity index (χ1v) is 8.90. The first-order valence-electron chi connectivity index (χ1n) is 7.04. The molecule has 0 unspecified atom stereocenters. The van der Waals surface area contributed by atoms with Crippen molar-refractivity contribution in [2.75, 3.05) is 6.54 Å². The summed E-state index contributed by atoms with van der Waals surface area (Å²) < 4.78 is 41.0. The fourth-order valence-corrected chi connectivity index (χ4v) is 3.95. The molecule has 0 radical (unpaired) electrons. The van der Waals surface area contributed by atoms with Crippen molar-refractivity contribution in [1.29, 1.82) is 0 Å². The molecule has 0 saturated heterocycles. The predicted octanol–water partition coefficient (Wildman–Crippen LogP) is 2.67. The molecule has 2 rings (SSSR count). The van der Waals surface area contributed by atoms with Gasteiger partial charge in [-0.15, -0.1) is 0 Å². The van der Waals surface area contributed by atoms with Gasteiger partial charge in [-0.05, 0) is 43.0 Å². The number of sulfonamides is 1. The average molecular weight is 335 g/mol. The van der Waals surface area contributed by atoms with Gasteiger partial charge >= 0.3 is 0 Å². The van der Waals surface area contributed by atoms with E-state index in [2.05, 4.69) is 17.0 Å². The van der Waals surface area contributed by atoms with Crippen LogP contribution in [0.15, 0.2) is 17.0 Å². The zero-order valence-corrected chi connectivity index (χ0v) is 13.7. The predicted molar refractivity (Wildman–Crippen MR) is 81.3 cm³/mol. The van der Waals surface area contributed by atoms with Crippen molar-refractivity contribution in [2.24, 2.45) is 5.92 Å². The van der Waals surface area contributed by atoms with Crippen molar-refractivity contribution >= 4 is 21.6 Å². The first-order chi connectivity index (χ1) is 9.83. The fourth-order valence-electron chi connectivity index (χ4n) is 2.45. The smallest absolute Gasteiger partial charge is 0.240 e. The molecule has 1 aliphatic carbocycles. The Morgan fingerprint density at radius 2 is 2.05 bits per heavy atom. The Balaban J connectivity index is 2.23. The molecule has 0 heterocycles. The van der Waals surface area contributed by atoms with Crippen LogP contribution in [0.1, 0.15) is 32.3 Å². The lowest BCUT2D eigenvalue weighted by Gasteiger charge is -2.32. The van der Waals surface area contributed by atoms with Crippen LogP contribution in [0.4, 0.5) is 4.39 Å². The molecule has 1 aliphatic rings. The molecule has 1 aromatic rings. The molecule has 0 aliphatic heterocycles. The minimum atomic E-state index is -3.71. The van der Waals surface area contributed by atoms with Crippen molar-refractivity contribution in [3.05, 3.63) is 28.5 Å². The summed E-state index contributed by atoms with van der Waals surface area (Å²) in [4.78, 5) is -0.0724. The molecule has 0 spiro atoms. The zero-order valence-electron chi connectivity index (χ0n) is 12.1. The van der Waals surface area contributed by atoms with Gasteiger partial charge in [0, 0.05) is 12.6 Å². The minimum Gasteiger partial charge on any atom is -0.313 e. The summed E-state index contributed by atoms with van der Waals surface area (Å²) in [6, 6.07) is 2.35. The summed E-state index contributed by atoms with van der Waals surface area (Å²) >= 11 is 5.88. The van der Waals surface area contributed by atoms with E-state index in [1.54, 1.807) is 0 Å². The third-order valence-electron chi connectivity index (χ3n) is 3.65. The van der Waals surface area contributed by atoms with Gasteiger partial charge in [-0.1, -0.05) is 25.4 Å². The second-order valence-electron chi connectivity index (χ2n) is 5.55. The minimum absolute atomic E-state index is 0.0350. The fraction of sp³-hybridized carbons (Fsp3) is 0.571. The third-order valence-corrected chi connectivity index (χ3v) is 5.57. The highest BCUT2D eigenvalue weighted by Gasteiger charge is 2.30. The standard InChI is InChI=1S/C14H20ClFN2O2S/c1-3-17-8-10-6-12(7-13(16)14(10)15)21(19,20)18-11-4-9(2)5-11/h6-7,9,11,17-18H,3-5,8H2,1-2H3. The Labute approximate surface area is 130 Å². The number of nitrogens with one attached hydrogen (secondary N) is 2. The average Bonchev–Trinajstić information content (AvgIpc) is 2.38. The van der Waals surface area contributed by atoms with E-state index in [0.717, 1.165) is 18.9 Å². The Morgan fingerprint density at radius 3 is 2.62 bits per heavy atom. The highest BCUT2D eigenvalue weighted by atomic mass is 35.5. The Bertz CT molecular complexity index is 616. The molecular weight excluding hydrogens is 315 g/mol. The second-order valence-corrected chi connectivity index (χ2v) is 7.65. The van der Waals surface area contributed by atoms with Crippen molar-refractivity contribution in [3.63, 3.8) is 0 Å². The normalized spacial score (nSPS) is 22.1. The van der Waals surface area contributed by atoms with Crippen molar-refractivity contribution in [1.82, 2.24) is 10.0 Å². The molecule has 4 nitrogen and oxygen atoms in total. The number of hydrogen-bond donors (Lipinski definition) is 2. The van der Waals surface area contributed by atoms with E-state index in [0.29, 0.717) is 24.6 Å². The highest BCUT2D eigenvalue weighted by Crippen LogP contribution is 2.29. The van der Waals surface area contributed by atoms with E-state index in [4.69, 9.17) is 11.6 Å². The largest absolute Gasteiger partial charge is 0.313 e. The van der Waals surface area contributed by atoms with Crippen molar-refractivity contribution < 1.29 is 12.8 Å². The molecule has 7 heteroatoms. The van der Waals surface area contributed by atoms with Gasteiger partial charge in [0.05, 0.1) is 9.92 Å². The van der Waals surface area contributed by atoms with Crippen LogP contribution >= 0.6 is 11.6 Å². The lowest BCUT2D eigenvalue weighted by atomic mass is 9.83. The topological polar surface area (TPSA) is 58.2 Å². The van der Waals surface area contributed by atoms with Crippen molar-refractivity contribution in [3.8, 4) is 0 Å². The third kappa shape index (κ3) is 3.94. The second kappa shape index (κ2) is 6.60. The lowest BCUT2D eigenvalue weighted by Crippen LogP contribution is -2.43. The number of hydrogen-bond acceptors (Lipinski definition) is 3. The molecule has 0 bridgehead atoms. The molecule has 0 atom stereocenters. The highest BCUT2D eigenvalue weighted by molar-refractivity contribution is 7.89. The van der Waals surface area contributed by atoms with Crippen LogP contribution in [-0.4, -0.2) is 21.0 Å². The van der Waals surface area contributed by atoms with Crippen LogP contribution in [0.5, 0.6) is 0 Å². The van der Waals surface area contributed by atoms with Crippen LogP contribution in [0.25, 0.3) is 0 Å². The van der Waals surface area contributed by atoms with Gasteiger partial charge in [0.25, 0.3) is 0 Å². The molecular formula is C14H20ClFN2O2S. The summed E-state index contributed by atoms with van der Waals surface area (Å²) in [7, 11) is -3.71. The monoisotopic (exact) mass is 334 g/mol. The van der Waals surface area contributed by atoms with E-state index in [1.807, 2.05) is 6.92 Å². The Kier molecular flexibility index (Phi) is 5.24. The number of halogens is 2. The molecule has 21 heavy (non-hydrogen) atoms. The summed E-state index contributed by atoms with van der Waals surface area (Å²) in [5.74, 6) is -0.182. The number of benzene rings is 1. The van der Waals surface area contributed by atoms with E-state index < -0.39 is 15.8 Å². The van der Waals surface area contributed by atoms with E-state index in [9.17, 15) is 12.8 Å². The lowest BCUT2D eigenvalue weighted by molar-refractivity contribution is 0.270. The van der Waals surface area contributed by atoms with Crippen LogP contribution < -0.4 is 10.0 Å². The van der Waals surface area contributed by atoms with Gasteiger partial charge < -0.3 is 5.32 Å². The van der Waals surface area contributed by atoms with Crippen LogP contribution in [-0.2, 0) is 16.6 Å². The maximum absolute atomic E-state index is 13.8. The molecule has 118 valence electrons. The molecule has 1 saturated carbocycles. The quantitative estimate of drug-likeness (QED) is 0.841. The maximum Gasteiger partial charge on any atom is 0.240 e. The molecule has 0 amide bonds. The van der Waals surface area contributed by atoms with Crippen LogP contribution in [0, 0.1) is 11.7 Å². The Hall–Kier alpha value is -0.690. The van der Waals surface area contributed by atoms with Crippen LogP contribution in [0.3, 0.4) is 0 Å². The summed E-state index contributed by atoms with van der Waals surface area (Å²) in [6.45, 7) is 4.99. The molecule has 1 fully saturated rings. The van der Waals surface area contributed by atoms with Gasteiger partial charge in [0.2, 0.25) is 10.0 Å². The van der Waals surface area contributed by atoms with E-state index in [-0.39, 0.29) is 16.0 Å². The van der Waals surface area contributed by atoms with Gasteiger partial charge in [0.1, 0.15) is 5.82 Å².